The first-order chi connectivity index (χ1) is 9.69. The Hall–Kier alpha value is -2.14. The van der Waals surface area contributed by atoms with Crippen molar-refractivity contribution in [1.82, 2.24) is 9.97 Å². The van der Waals surface area contributed by atoms with Gasteiger partial charge in [-0.05, 0) is 6.92 Å². The van der Waals surface area contributed by atoms with Crippen LogP contribution in [-0.2, 0) is 9.53 Å². The summed E-state index contributed by atoms with van der Waals surface area (Å²) in [6.07, 6.45) is 0. The molecular formula is C14H14ClN3O2. The number of aromatic nitrogens is 2. The minimum Gasteiger partial charge on any atom is -0.465 e. The van der Waals surface area contributed by atoms with Crippen molar-refractivity contribution in [2.45, 2.75) is 6.92 Å². The lowest BCUT2D eigenvalue weighted by molar-refractivity contribution is -0.140. The fourth-order valence-electron chi connectivity index (χ4n) is 1.62. The number of esters is 1. The summed E-state index contributed by atoms with van der Waals surface area (Å²) in [6, 6.07) is 11.3. The predicted octanol–water partition coefficient (Wildman–Crippen LogP) is 2.77. The Kier molecular flexibility index (Phi) is 4.90. The largest absolute Gasteiger partial charge is 0.465 e. The van der Waals surface area contributed by atoms with Gasteiger partial charge in [-0.2, -0.15) is 0 Å². The molecule has 1 N–H and O–H groups in total. The quantitative estimate of drug-likeness (QED) is 0.678. The molecule has 2 aromatic rings. The zero-order chi connectivity index (χ0) is 14.4. The molecule has 0 bridgehead atoms. The normalized spacial score (nSPS) is 10.1. The third-order valence-electron chi connectivity index (χ3n) is 2.46. The lowest BCUT2D eigenvalue weighted by Crippen LogP contribution is -2.18. The SMILES string of the molecule is CCOC(=O)CNc1nc(Cl)cc(-c2ccccc2)n1. The number of anilines is 1. The molecule has 1 aromatic carbocycles. The van der Waals surface area contributed by atoms with E-state index in [1.54, 1.807) is 13.0 Å². The molecule has 0 saturated heterocycles. The Labute approximate surface area is 122 Å². The summed E-state index contributed by atoms with van der Waals surface area (Å²) < 4.78 is 4.82. The van der Waals surface area contributed by atoms with Crippen molar-refractivity contribution in [2.24, 2.45) is 0 Å². The minimum absolute atomic E-state index is 0.00239. The van der Waals surface area contributed by atoms with E-state index in [0.29, 0.717) is 23.4 Å². The highest BCUT2D eigenvalue weighted by molar-refractivity contribution is 6.29. The Morgan fingerprint density at radius 3 is 2.75 bits per heavy atom. The van der Waals surface area contributed by atoms with Crippen LogP contribution in [0.3, 0.4) is 0 Å². The maximum absolute atomic E-state index is 11.3. The molecule has 20 heavy (non-hydrogen) atoms. The van der Waals surface area contributed by atoms with Gasteiger partial charge in [0, 0.05) is 11.6 Å². The summed E-state index contributed by atoms with van der Waals surface area (Å²) in [5, 5.41) is 3.11. The second-order valence-corrected chi connectivity index (χ2v) is 4.31. The summed E-state index contributed by atoms with van der Waals surface area (Å²) >= 11 is 5.97. The fraction of sp³-hybridized carbons (Fsp3) is 0.214. The zero-order valence-corrected chi connectivity index (χ0v) is 11.7. The Bertz CT molecular complexity index is 590. The number of hydrogen-bond donors (Lipinski definition) is 1. The molecule has 0 spiro atoms. The van der Waals surface area contributed by atoms with Gasteiger partial charge in [-0.3, -0.25) is 4.79 Å². The van der Waals surface area contributed by atoms with Gasteiger partial charge in [0.2, 0.25) is 5.95 Å². The van der Waals surface area contributed by atoms with Gasteiger partial charge in [0.05, 0.1) is 12.3 Å². The Balaban J connectivity index is 2.15. The maximum Gasteiger partial charge on any atom is 0.325 e. The number of nitrogens with zero attached hydrogens (tertiary/aromatic N) is 2. The van der Waals surface area contributed by atoms with Crippen LogP contribution in [-0.4, -0.2) is 29.1 Å². The topological polar surface area (TPSA) is 64.1 Å². The summed E-state index contributed by atoms with van der Waals surface area (Å²) in [7, 11) is 0. The molecule has 0 aliphatic carbocycles. The monoisotopic (exact) mass is 291 g/mol. The van der Waals surface area contributed by atoms with Gasteiger partial charge < -0.3 is 10.1 Å². The van der Waals surface area contributed by atoms with Crippen LogP contribution >= 0.6 is 11.6 Å². The molecule has 0 saturated carbocycles. The molecule has 2 rings (SSSR count). The molecule has 1 heterocycles. The summed E-state index contributed by atoms with van der Waals surface area (Å²) in [5.74, 6) is -0.0678. The van der Waals surface area contributed by atoms with Crippen LogP contribution in [0.5, 0.6) is 0 Å². The van der Waals surface area contributed by atoms with Crippen LogP contribution in [0, 0.1) is 0 Å². The molecule has 0 unspecified atom stereocenters. The van der Waals surface area contributed by atoms with Gasteiger partial charge in [0.25, 0.3) is 0 Å². The van der Waals surface area contributed by atoms with E-state index < -0.39 is 0 Å². The number of nitrogens with one attached hydrogen (secondary N) is 1. The number of carbonyl (C=O) groups is 1. The second-order valence-electron chi connectivity index (χ2n) is 3.92. The van der Waals surface area contributed by atoms with Crippen LogP contribution in [0.4, 0.5) is 5.95 Å². The van der Waals surface area contributed by atoms with Gasteiger partial charge in [-0.15, -0.1) is 0 Å². The highest BCUT2D eigenvalue weighted by Gasteiger charge is 2.07. The van der Waals surface area contributed by atoms with Crippen LogP contribution in [0.25, 0.3) is 11.3 Å². The molecule has 1 aromatic heterocycles. The van der Waals surface area contributed by atoms with Crippen molar-refractivity contribution in [2.75, 3.05) is 18.5 Å². The number of benzene rings is 1. The van der Waals surface area contributed by atoms with E-state index in [-0.39, 0.29) is 12.5 Å². The molecule has 104 valence electrons. The van der Waals surface area contributed by atoms with Crippen molar-refractivity contribution in [3.8, 4) is 11.3 Å². The third-order valence-corrected chi connectivity index (χ3v) is 2.65. The van der Waals surface area contributed by atoms with Crippen molar-refractivity contribution in [1.29, 1.82) is 0 Å². The van der Waals surface area contributed by atoms with Crippen LogP contribution < -0.4 is 5.32 Å². The van der Waals surface area contributed by atoms with E-state index in [0.717, 1.165) is 5.56 Å². The maximum atomic E-state index is 11.3. The standard InChI is InChI=1S/C14H14ClN3O2/c1-2-20-13(19)9-16-14-17-11(8-12(15)18-14)10-6-4-3-5-7-10/h3-8H,2,9H2,1H3,(H,16,17,18). The number of ether oxygens (including phenoxy) is 1. The summed E-state index contributed by atoms with van der Waals surface area (Å²) in [5.41, 5.74) is 1.62. The first-order valence-corrected chi connectivity index (χ1v) is 6.56. The molecule has 0 aliphatic rings. The molecular weight excluding hydrogens is 278 g/mol. The summed E-state index contributed by atoms with van der Waals surface area (Å²) in [6.45, 7) is 2.09. The average Bonchev–Trinajstić information content (AvgIpc) is 2.46. The molecule has 0 fully saturated rings. The van der Waals surface area contributed by atoms with Gasteiger partial charge in [-0.1, -0.05) is 41.9 Å². The van der Waals surface area contributed by atoms with Gasteiger partial charge in [0.1, 0.15) is 11.7 Å². The Morgan fingerprint density at radius 1 is 1.30 bits per heavy atom. The van der Waals surface area contributed by atoms with Crippen molar-refractivity contribution in [3.05, 3.63) is 41.6 Å². The smallest absolute Gasteiger partial charge is 0.325 e. The lowest BCUT2D eigenvalue weighted by Gasteiger charge is -2.07. The Morgan fingerprint density at radius 2 is 2.05 bits per heavy atom. The molecule has 0 amide bonds. The molecule has 0 aliphatic heterocycles. The van der Waals surface area contributed by atoms with E-state index in [2.05, 4.69) is 15.3 Å². The minimum atomic E-state index is -0.364. The number of carbonyl (C=O) groups excluding carboxylic acids is 1. The molecule has 0 radical (unpaired) electrons. The number of hydrogen-bond acceptors (Lipinski definition) is 5. The van der Waals surface area contributed by atoms with E-state index in [1.807, 2.05) is 30.3 Å². The average molecular weight is 292 g/mol. The van der Waals surface area contributed by atoms with E-state index >= 15 is 0 Å². The van der Waals surface area contributed by atoms with Crippen LogP contribution in [0.2, 0.25) is 5.15 Å². The van der Waals surface area contributed by atoms with Crippen molar-refractivity contribution < 1.29 is 9.53 Å². The van der Waals surface area contributed by atoms with Gasteiger partial charge >= 0.3 is 5.97 Å². The van der Waals surface area contributed by atoms with Crippen LogP contribution in [0.1, 0.15) is 6.92 Å². The van der Waals surface area contributed by atoms with E-state index in [1.165, 1.54) is 0 Å². The van der Waals surface area contributed by atoms with Gasteiger partial charge in [-0.25, -0.2) is 9.97 Å². The first-order valence-electron chi connectivity index (χ1n) is 6.18. The molecule has 0 atom stereocenters. The second kappa shape index (κ2) is 6.86. The van der Waals surface area contributed by atoms with E-state index in [4.69, 9.17) is 16.3 Å². The molecule has 6 heteroatoms. The van der Waals surface area contributed by atoms with Crippen LogP contribution in [0.15, 0.2) is 36.4 Å². The highest BCUT2D eigenvalue weighted by Crippen LogP contribution is 2.20. The molecule has 5 nitrogen and oxygen atoms in total. The summed E-state index contributed by atoms with van der Waals surface area (Å²) in [4.78, 5) is 19.6. The highest BCUT2D eigenvalue weighted by atomic mass is 35.5. The number of halogens is 1. The lowest BCUT2D eigenvalue weighted by atomic mass is 10.1. The third kappa shape index (κ3) is 3.93. The van der Waals surface area contributed by atoms with Gasteiger partial charge in [0.15, 0.2) is 0 Å². The van der Waals surface area contributed by atoms with Crippen molar-refractivity contribution >= 4 is 23.5 Å². The zero-order valence-electron chi connectivity index (χ0n) is 11.0. The predicted molar refractivity (Wildman–Crippen MR) is 77.6 cm³/mol. The fourth-order valence-corrected chi connectivity index (χ4v) is 1.80. The van der Waals surface area contributed by atoms with Crippen molar-refractivity contribution in [3.63, 3.8) is 0 Å². The first kappa shape index (κ1) is 14.3. The number of rotatable bonds is 5. The van der Waals surface area contributed by atoms with E-state index in [9.17, 15) is 4.79 Å².